The summed E-state index contributed by atoms with van der Waals surface area (Å²) in [6.45, 7) is 0. The van der Waals surface area contributed by atoms with Gasteiger partial charge in [0, 0.05) is 0 Å². The maximum absolute atomic E-state index is 3.26. The Morgan fingerprint density at radius 2 is 2.11 bits per heavy atom. The molecule has 0 saturated carbocycles. The standard InChI is InChI=1S/C6H4.2CH3.Sn.H/c1-2-4-6-5-3-1;;;;/h1-4H;2*1H3;;. The Hall–Kier alpha value is 0.0187. The van der Waals surface area contributed by atoms with Gasteiger partial charge in [0.05, 0.1) is 0 Å². The molecule has 1 rings (SSSR count). The van der Waals surface area contributed by atoms with Crippen LogP contribution in [0.15, 0.2) is 24.3 Å². The molecule has 0 nitrogen and oxygen atoms in total. The molecular formula is C8H11Sn. The third-order valence-corrected chi connectivity index (χ3v) is 5.93. The molecule has 0 heterocycles. The summed E-state index contributed by atoms with van der Waals surface area (Å²) in [4.78, 5) is 4.76. The molecule has 0 spiro atoms. The summed E-state index contributed by atoms with van der Waals surface area (Å²) in [7, 11) is 0. The van der Waals surface area contributed by atoms with Crippen LogP contribution in [0.1, 0.15) is 0 Å². The van der Waals surface area contributed by atoms with Gasteiger partial charge in [0.1, 0.15) is 0 Å². The van der Waals surface area contributed by atoms with Crippen LogP contribution in [-0.2, 0) is 0 Å². The molecule has 0 aliphatic carbocycles. The first kappa shape index (κ1) is 7.13. The van der Waals surface area contributed by atoms with Crippen molar-refractivity contribution in [1.29, 1.82) is 0 Å². The van der Waals surface area contributed by atoms with E-state index in [1.807, 2.05) is 12.1 Å². The van der Waals surface area contributed by atoms with Crippen LogP contribution < -0.4 is 3.58 Å². The summed E-state index contributed by atoms with van der Waals surface area (Å²) in [5.41, 5.74) is 0. The van der Waals surface area contributed by atoms with E-state index >= 15 is 0 Å². The van der Waals surface area contributed by atoms with Gasteiger partial charge in [-0.15, -0.1) is 0 Å². The molecule has 0 aromatic heterocycles. The van der Waals surface area contributed by atoms with E-state index in [1.165, 1.54) is 3.58 Å². The van der Waals surface area contributed by atoms with Crippen molar-refractivity contribution in [3.05, 3.63) is 30.3 Å². The molecule has 0 bridgehead atoms. The number of benzene rings is 1. The zero-order valence-electron chi connectivity index (χ0n) is 5.89. The molecular weight excluding hydrogens is 215 g/mol. The molecule has 0 unspecified atom stereocenters. The van der Waals surface area contributed by atoms with Gasteiger partial charge in [0.2, 0.25) is 0 Å². The molecule has 1 aromatic rings. The minimum atomic E-state index is -1.19. The third-order valence-electron chi connectivity index (χ3n) is 1.36. The van der Waals surface area contributed by atoms with Crippen LogP contribution in [0.4, 0.5) is 0 Å². The van der Waals surface area contributed by atoms with Gasteiger partial charge in [-0.25, -0.2) is 0 Å². The molecule has 1 aromatic carbocycles. The van der Waals surface area contributed by atoms with Gasteiger partial charge in [-0.2, -0.15) is 0 Å². The minimum absolute atomic E-state index is 1.19. The molecule has 0 aliphatic rings. The monoisotopic (exact) mass is 227 g/mol. The topological polar surface area (TPSA) is 0 Å². The summed E-state index contributed by atoms with van der Waals surface area (Å²) in [5.74, 6) is 0. The average Bonchev–Trinajstić information content (AvgIpc) is 1.90. The molecule has 1 radical (unpaired) electrons. The molecule has 1 heteroatoms. The van der Waals surface area contributed by atoms with Gasteiger partial charge in [0.15, 0.2) is 0 Å². The molecule has 0 atom stereocenters. The quantitative estimate of drug-likeness (QED) is 0.630. The second-order valence-corrected chi connectivity index (χ2v) is 10.8. The van der Waals surface area contributed by atoms with Crippen LogP contribution in [0.3, 0.4) is 0 Å². The second kappa shape index (κ2) is 3.25. The van der Waals surface area contributed by atoms with Gasteiger partial charge in [-0.1, -0.05) is 0 Å². The Bertz CT molecular complexity index is 167. The zero-order chi connectivity index (χ0) is 6.69. The fourth-order valence-corrected chi connectivity index (χ4v) is 3.41. The SMILES string of the molecule is [CH3][SnH]([CH3])[c]1[c]cccc1. The predicted octanol–water partition coefficient (Wildman–Crippen LogP) is 1.18. The number of hydrogen-bond acceptors (Lipinski definition) is 0. The molecule has 0 saturated heterocycles. The van der Waals surface area contributed by atoms with Crippen LogP contribution in [0.5, 0.6) is 0 Å². The van der Waals surface area contributed by atoms with Crippen LogP contribution in [-0.4, -0.2) is 19.8 Å². The Morgan fingerprint density at radius 3 is 2.44 bits per heavy atom. The fraction of sp³-hybridized carbons (Fsp3) is 0.250. The van der Waals surface area contributed by atoms with Crippen molar-refractivity contribution in [2.45, 2.75) is 9.88 Å². The van der Waals surface area contributed by atoms with Crippen molar-refractivity contribution in [2.75, 3.05) is 0 Å². The molecule has 47 valence electrons. The van der Waals surface area contributed by atoms with Crippen molar-refractivity contribution in [2.24, 2.45) is 0 Å². The zero-order valence-corrected chi connectivity index (χ0v) is 9.18. The summed E-state index contributed by atoms with van der Waals surface area (Å²) in [6.07, 6.45) is 0. The fourth-order valence-electron chi connectivity index (χ4n) is 0.766. The van der Waals surface area contributed by atoms with Crippen LogP contribution in [0.25, 0.3) is 0 Å². The average molecular weight is 226 g/mol. The number of rotatable bonds is 1. The molecule has 9 heavy (non-hydrogen) atoms. The second-order valence-electron chi connectivity index (χ2n) is 2.47. The molecule has 0 N–H and O–H groups in total. The summed E-state index contributed by atoms with van der Waals surface area (Å²) >= 11 is -1.19. The van der Waals surface area contributed by atoms with Crippen molar-refractivity contribution >= 4 is 23.3 Å². The summed E-state index contributed by atoms with van der Waals surface area (Å²) in [6, 6.07) is 11.6. The van der Waals surface area contributed by atoms with Crippen molar-refractivity contribution < 1.29 is 0 Å². The molecule has 0 aliphatic heterocycles. The number of hydrogen-bond donors (Lipinski definition) is 0. The van der Waals surface area contributed by atoms with Crippen molar-refractivity contribution in [3.8, 4) is 0 Å². The van der Waals surface area contributed by atoms with E-state index in [-0.39, 0.29) is 0 Å². The Labute approximate surface area is 63.6 Å². The van der Waals surface area contributed by atoms with Crippen LogP contribution >= 0.6 is 0 Å². The van der Waals surface area contributed by atoms with E-state index < -0.39 is 19.8 Å². The van der Waals surface area contributed by atoms with Gasteiger partial charge < -0.3 is 0 Å². The Kier molecular flexibility index (Phi) is 2.58. The Morgan fingerprint density at radius 1 is 1.33 bits per heavy atom. The van der Waals surface area contributed by atoms with E-state index in [1.54, 1.807) is 0 Å². The summed E-state index contributed by atoms with van der Waals surface area (Å²) in [5, 5.41) is 0. The van der Waals surface area contributed by atoms with Crippen molar-refractivity contribution in [3.63, 3.8) is 0 Å². The maximum atomic E-state index is 3.26. The predicted molar refractivity (Wildman–Crippen MR) is 43.8 cm³/mol. The van der Waals surface area contributed by atoms with Gasteiger partial charge in [0.25, 0.3) is 0 Å². The van der Waals surface area contributed by atoms with Gasteiger partial charge >= 0.3 is 63.6 Å². The Balaban J connectivity index is 2.85. The van der Waals surface area contributed by atoms with E-state index in [4.69, 9.17) is 0 Å². The van der Waals surface area contributed by atoms with Crippen LogP contribution in [0.2, 0.25) is 9.88 Å². The first-order valence-electron chi connectivity index (χ1n) is 3.27. The third kappa shape index (κ3) is 2.01. The van der Waals surface area contributed by atoms with E-state index in [9.17, 15) is 0 Å². The first-order chi connectivity index (χ1) is 4.30. The van der Waals surface area contributed by atoms with E-state index in [0.717, 1.165) is 0 Å². The first-order valence-corrected chi connectivity index (χ1v) is 11.5. The van der Waals surface area contributed by atoms with Gasteiger partial charge in [-0.3, -0.25) is 0 Å². The van der Waals surface area contributed by atoms with E-state index in [0.29, 0.717) is 0 Å². The van der Waals surface area contributed by atoms with Gasteiger partial charge in [-0.05, 0) is 0 Å². The molecule has 0 fully saturated rings. The summed E-state index contributed by atoms with van der Waals surface area (Å²) < 4.78 is 1.50. The molecule has 0 amide bonds. The normalized spacial score (nSPS) is 10.1. The van der Waals surface area contributed by atoms with E-state index in [2.05, 4.69) is 28.1 Å². The van der Waals surface area contributed by atoms with Crippen LogP contribution in [0, 0.1) is 6.07 Å². The van der Waals surface area contributed by atoms with Crippen molar-refractivity contribution in [1.82, 2.24) is 0 Å².